The Balaban J connectivity index is 1.47. The first-order valence-electron chi connectivity index (χ1n) is 8.37. The maximum Gasteiger partial charge on any atom is 0.289 e. The number of nitrogens with zero attached hydrogens (tertiary/aromatic N) is 2. The van der Waals surface area contributed by atoms with E-state index in [-0.39, 0.29) is 28.8 Å². The van der Waals surface area contributed by atoms with Gasteiger partial charge in [0.05, 0.1) is 18.2 Å². The lowest BCUT2D eigenvalue weighted by molar-refractivity contribution is -0.131. The second kappa shape index (κ2) is 6.52. The summed E-state index contributed by atoms with van der Waals surface area (Å²) in [7, 11) is 0. The predicted molar refractivity (Wildman–Crippen MR) is 97.3 cm³/mol. The van der Waals surface area contributed by atoms with Gasteiger partial charge in [0.1, 0.15) is 0 Å². The van der Waals surface area contributed by atoms with Crippen molar-refractivity contribution >= 4 is 39.6 Å². The van der Waals surface area contributed by atoms with Crippen molar-refractivity contribution in [1.29, 1.82) is 0 Å². The Hall–Kier alpha value is -2.34. The number of fused-ring (bicyclic) bond motifs is 1. The fraction of sp³-hybridized carbons (Fsp3) is 0.316. The van der Waals surface area contributed by atoms with E-state index in [0.717, 1.165) is 28.1 Å². The van der Waals surface area contributed by atoms with Crippen LogP contribution in [0, 0.1) is 0 Å². The fourth-order valence-electron chi connectivity index (χ4n) is 3.62. The number of thioether (sulfide) groups is 1. The van der Waals surface area contributed by atoms with Crippen LogP contribution in [0.3, 0.4) is 0 Å². The topological polar surface area (TPSA) is 57.7 Å². The van der Waals surface area contributed by atoms with E-state index < -0.39 is 0 Å². The second-order valence-electron chi connectivity index (χ2n) is 6.42. The molecule has 2 saturated heterocycles. The van der Waals surface area contributed by atoms with Crippen molar-refractivity contribution in [1.82, 2.24) is 9.80 Å². The zero-order valence-electron chi connectivity index (χ0n) is 13.7. The number of amides is 3. The number of hydrogen-bond acceptors (Lipinski definition) is 4. The number of carbonyl (C=O) groups excluding carboxylic acids is 3. The van der Waals surface area contributed by atoms with Gasteiger partial charge in [-0.15, -0.1) is 0 Å². The molecule has 0 aliphatic carbocycles. The van der Waals surface area contributed by atoms with Gasteiger partial charge in [-0.2, -0.15) is 0 Å². The van der Waals surface area contributed by atoms with E-state index in [1.54, 1.807) is 4.90 Å². The van der Waals surface area contributed by atoms with Gasteiger partial charge < -0.3 is 4.90 Å². The van der Waals surface area contributed by atoms with Crippen molar-refractivity contribution in [3.05, 3.63) is 48.0 Å². The minimum absolute atomic E-state index is 0.0469. The molecule has 0 saturated carbocycles. The highest BCUT2D eigenvalue weighted by Gasteiger charge is 2.40. The van der Waals surface area contributed by atoms with Crippen LogP contribution in [0.2, 0.25) is 0 Å². The van der Waals surface area contributed by atoms with Crippen LogP contribution in [0.1, 0.15) is 12.0 Å². The summed E-state index contributed by atoms with van der Waals surface area (Å²) in [6, 6.07) is 13.9. The lowest BCUT2D eigenvalue weighted by Crippen LogP contribution is -2.41. The number of benzene rings is 2. The van der Waals surface area contributed by atoms with E-state index in [4.69, 9.17) is 0 Å². The van der Waals surface area contributed by atoms with Crippen LogP contribution in [0.15, 0.2) is 42.5 Å². The van der Waals surface area contributed by atoms with E-state index >= 15 is 0 Å². The standard InChI is InChI=1S/C19H18N2O3S/c22-17(10-14-6-3-5-13-4-1-2-7-16(13)14)20-9-8-15(11-20)21-18(23)12-25-19(21)24/h1-7,15H,8-12H2. The Labute approximate surface area is 150 Å². The van der Waals surface area contributed by atoms with Gasteiger partial charge in [0, 0.05) is 13.1 Å². The van der Waals surface area contributed by atoms with Gasteiger partial charge in [-0.3, -0.25) is 19.3 Å². The Morgan fingerprint density at radius 2 is 1.92 bits per heavy atom. The third-order valence-corrected chi connectivity index (χ3v) is 5.72. The zero-order valence-corrected chi connectivity index (χ0v) is 14.5. The lowest BCUT2D eigenvalue weighted by atomic mass is 10.0. The molecule has 0 N–H and O–H groups in total. The average molecular weight is 354 g/mol. The van der Waals surface area contributed by atoms with Crippen LogP contribution >= 0.6 is 11.8 Å². The number of likely N-dealkylation sites (tertiary alicyclic amines) is 1. The van der Waals surface area contributed by atoms with Crippen LogP contribution in [0.5, 0.6) is 0 Å². The van der Waals surface area contributed by atoms with Crippen molar-refractivity contribution in [3.63, 3.8) is 0 Å². The van der Waals surface area contributed by atoms with E-state index in [0.29, 0.717) is 25.9 Å². The Bertz CT molecular complexity index is 845. The normalized spacial score (nSPS) is 20.7. The van der Waals surface area contributed by atoms with Crippen molar-refractivity contribution in [3.8, 4) is 0 Å². The summed E-state index contributed by atoms with van der Waals surface area (Å²) in [6.45, 7) is 1.04. The predicted octanol–water partition coefficient (Wildman–Crippen LogP) is 2.68. The summed E-state index contributed by atoms with van der Waals surface area (Å²) in [6.07, 6.45) is 1.00. The maximum absolute atomic E-state index is 12.7. The first kappa shape index (κ1) is 16.1. The highest BCUT2D eigenvalue weighted by atomic mass is 32.2. The summed E-state index contributed by atoms with van der Waals surface area (Å²) in [5.74, 6) is 0.133. The van der Waals surface area contributed by atoms with Crippen molar-refractivity contribution < 1.29 is 14.4 Å². The highest BCUT2D eigenvalue weighted by molar-refractivity contribution is 8.14. The number of imide groups is 1. The fourth-order valence-corrected chi connectivity index (χ4v) is 4.39. The van der Waals surface area contributed by atoms with Crippen molar-refractivity contribution in [2.24, 2.45) is 0 Å². The Morgan fingerprint density at radius 1 is 1.12 bits per heavy atom. The molecule has 25 heavy (non-hydrogen) atoms. The molecule has 4 rings (SSSR count). The molecule has 0 radical (unpaired) electrons. The van der Waals surface area contributed by atoms with Crippen molar-refractivity contribution in [2.75, 3.05) is 18.8 Å². The van der Waals surface area contributed by atoms with E-state index in [2.05, 4.69) is 0 Å². The van der Waals surface area contributed by atoms with Crippen LogP contribution in [0.4, 0.5) is 4.79 Å². The summed E-state index contributed by atoms with van der Waals surface area (Å²) in [5.41, 5.74) is 1.01. The number of rotatable bonds is 3. The van der Waals surface area contributed by atoms with Crippen LogP contribution in [0.25, 0.3) is 10.8 Å². The first-order valence-corrected chi connectivity index (χ1v) is 9.35. The highest BCUT2D eigenvalue weighted by Crippen LogP contribution is 2.27. The van der Waals surface area contributed by atoms with E-state index in [9.17, 15) is 14.4 Å². The molecule has 1 atom stereocenters. The van der Waals surface area contributed by atoms with Gasteiger partial charge in [-0.25, -0.2) is 0 Å². The smallest absolute Gasteiger partial charge is 0.289 e. The monoisotopic (exact) mass is 354 g/mol. The first-order chi connectivity index (χ1) is 12.1. The molecule has 2 aliphatic heterocycles. The molecule has 2 aromatic rings. The molecule has 0 bridgehead atoms. The molecule has 2 aromatic carbocycles. The minimum Gasteiger partial charge on any atom is -0.340 e. The number of hydrogen-bond donors (Lipinski definition) is 0. The minimum atomic E-state index is -0.182. The SMILES string of the molecule is O=C(Cc1cccc2ccccc12)N1CCC(N2C(=O)CSC2=O)C1. The third kappa shape index (κ3) is 3.02. The molecule has 2 heterocycles. The molecule has 2 aliphatic rings. The van der Waals surface area contributed by atoms with Gasteiger partial charge in [-0.1, -0.05) is 54.2 Å². The van der Waals surface area contributed by atoms with E-state index in [1.165, 1.54) is 4.90 Å². The average Bonchev–Trinajstić information content (AvgIpc) is 3.22. The lowest BCUT2D eigenvalue weighted by Gasteiger charge is -2.22. The van der Waals surface area contributed by atoms with Gasteiger partial charge >= 0.3 is 0 Å². The molecule has 1 unspecified atom stereocenters. The van der Waals surface area contributed by atoms with Crippen molar-refractivity contribution in [2.45, 2.75) is 18.9 Å². The quantitative estimate of drug-likeness (QED) is 0.850. The molecule has 5 nitrogen and oxygen atoms in total. The molecule has 128 valence electrons. The summed E-state index contributed by atoms with van der Waals surface area (Å²) in [5, 5.41) is 2.03. The molecule has 2 fully saturated rings. The molecular weight excluding hydrogens is 336 g/mol. The molecule has 0 spiro atoms. The molecule has 6 heteroatoms. The second-order valence-corrected chi connectivity index (χ2v) is 7.34. The zero-order chi connectivity index (χ0) is 17.4. The van der Waals surface area contributed by atoms with Crippen LogP contribution in [-0.4, -0.2) is 51.7 Å². The third-order valence-electron chi connectivity index (χ3n) is 4.89. The molecular formula is C19H18N2O3S. The summed E-state index contributed by atoms with van der Waals surface area (Å²) >= 11 is 1.05. The molecule has 0 aromatic heterocycles. The van der Waals surface area contributed by atoms with Crippen LogP contribution < -0.4 is 0 Å². The van der Waals surface area contributed by atoms with Gasteiger partial charge in [0.15, 0.2) is 0 Å². The largest absolute Gasteiger partial charge is 0.340 e. The summed E-state index contributed by atoms with van der Waals surface area (Å²) in [4.78, 5) is 39.5. The Kier molecular flexibility index (Phi) is 4.21. The maximum atomic E-state index is 12.7. The van der Waals surface area contributed by atoms with Gasteiger partial charge in [0.25, 0.3) is 5.24 Å². The summed E-state index contributed by atoms with van der Waals surface area (Å²) < 4.78 is 0. The van der Waals surface area contributed by atoms with Gasteiger partial charge in [0.2, 0.25) is 11.8 Å². The van der Waals surface area contributed by atoms with E-state index in [1.807, 2.05) is 42.5 Å². The Morgan fingerprint density at radius 3 is 2.72 bits per heavy atom. The van der Waals surface area contributed by atoms with Gasteiger partial charge in [-0.05, 0) is 22.8 Å². The molecule has 3 amide bonds. The number of carbonyl (C=O) groups is 3. The van der Waals surface area contributed by atoms with Crippen LogP contribution in [-0.2, 0) is 16.0 Å².